The normalized spacial score (nSPS) is 11.4. The smallest absolute Gasteiger partial charge is 0.362 e. The van der Waals surface area contributed by atoms with E-state index in [1.165, 1.54) is 18.2 Å². The van der Waals surface area contributed by atoms with Gasteiger partial charge in [0.25, 0.3) is 0 Å². The highest BCUT2D eigenvalue weighted by Crippen LogP contribution is 2.33. The van der Waals surface area contributed by atoms with Gasteiger partial charge in [0.1, 0.15) is 11.3 Å². The maximum Gasteiger partial charge on any atom is 0.362 e. The Morgan fingerprint density at radius 3 is 2.83 bits per heavy atom. The molecule has 0 spiro atoms. The number of aromatic nitrogens is 2. The van der Waals surface area contributed by atoms with E-state index in [-0.39, 0.29) is 12.3 Å². The Hall–Kier alpha value is -3.98. The van der Waals surface area contributed by atoms with E-state index >= 15 is 0 Å². The third-order valence-corrected chi connectivity index (χ3v) is 5.46. The predicted octanol–water partition coefficient (Wildman–Crippen LogP) is 4.92. The number of pyridine rings is 1. The van der Waals surface area contributed by atoms with E-state index < -0.39 is 11.4 Å². The quantitative estimate of drug-likeness (QED) is 0.433. The van der Waals surface area contributed by atoms with Crippen LogP contribution in [0, 0.1) is 17.1 Å². The van der Waals surface area contributed by atoms with Gasteiger partial charge in [-0.1, -0.05) is 13.0 Å². The summed E-state index contributed by atoms with van der Waals surface area (Å²) in [5.41, 5.74) is 2.73. The lowest BCUT2D eigenvalue weighted by Crippen LogP contribution is -2.09. The van der Waals surface area contributed by atoms with Crippen LogP contribution in [0.1, 0.15) is 23.6 Å². The molecule has 0 aliphatic heterocycles. The van der Waals surface area contributed by atoms with Crippen molar-refractivity contribution in [3.05, 3.63) is 87.7 Å². The third kappa shape index (κ3) is 2.67. The van der Waals surface area contributed by atoms with Gasteiger partial charge in [-0.05, 0) is 54.4 Å². The number of nitriles is 1. The van der Waals surface area contributed by atoms with Crippen molar-refractivity contribution >= 4 is 32.9 Å². The summed E-state index contributed by atoms with van der Waals surface area (Å²) in [7, 11) is 0. The number of aryl methyl sites for hydroxylation is 1. The van der Waals surface area contributed by atoms with E-state index in [1.54, 1.807) is 16.8 Å². The van der Waals surface area contributed by atoms with Gasteiger partial charge < -0.3 is 8.98 Å². The van der Waals surface area contributed by atoms with Gasteiger partial charge in [0.15, 0.2) is 0 Å². The maximum absolute atomic E-state index is 14.5. The van der Waals surface area contributed by atoms with E-state index in [4.69, 9.17) is 4.42 Å². The molecule has 0 unspecified atom stereocenters. The van der Waals surface area contributed by atoms with Crippen molar-refractivity contribution in [3.8, 4) is 6.07 Å². The number of hydrogen-bond acceptors (Lipinski definition) is 4. The highest BCUT2D eigenvalue weighted by Gasteiger charge is 2.20. The molecular formula is C24H16FN3O2. The highest BCUT2D eigenvalue weighted by atomic mass is 19.1. The molecule has 0 N–H and O–H groups in total. The minimum absolute atomic E-state index is 0.101. The molecule has 5 aromatic rings. The fraction of sp³-hybridized carbons (Fsp3) is 0.125. The monoisotopic (exact) mass is 397 g/mol. The second kappa shape index (κ2) is 6.82. The third-order valence-electron chi connectivity index (χ3n) is 5.46. The van der Waals surface area contributed by atoms with Crippen LogP contribution >= 0.6 is 0 Å². The first-order valence-electron chi connectivity index (χ1n) is 9.62. The van der Waals surface area contributed by atoms with Crippen LogP contribution in [-0.4, -0.2) is 9.55 Å². The standard InChI is InChI=1S/C24H16FN3O2/c1-2-14-6-8-20-18(11-14)21-17-4-3-9-27-23(17)30-24(29)22(21)28(20)13-16-10-15(12-26)5-7-19(16)25/h3-11H,2,13H2,1H3. The number of rotatable bonds is 3. The summed E-state index contributed by atoms with van der Waals surface area (Å²) in [6.45, 7) is 2.17. The average Bonchev–Trinajstić information content (AvgIpc) is 3.09. The average molecular weight is 397 g/mol. The second-order valence-corrected chi connectivity index (χ2v) is 7.18. The second-order valence-electron chi connectivity index (χ2n) is 7.18. The van der Waals surface area contributed by atoms with Crippen molar-refractivity contribution in [2.45, 2.75) is 19.9 Å². The fourth-order valence-electron chi connectivity index (χ4n) is 4.01. The van der Waals surface area contributed by atoms with E-state index in [2.05, 4.69) is 18.0 Å². The summed E-state index contributed by atoms with van der Waals surface area (Å²) in [4.78, 5) is 17.2. The molecular weight excluding hydrogens is 381 g/mol. The molecule has 0 amide bonds. The molecule has 0 radical (unpaired) electrons. The largest absolute Gasteiger partial charge is 0.402 e. The van der Waals surface area contributed by atoms with E-state index in [9.17, 15) is 14.4 Å². The predicted molar refractivity (Wildman–Crippen MR) is 113 cm³/mol. The first kappa shape index (κ1) is 18.1. The van der Waals surface area contributed by atoms with Gasteiger partial charge in [0.05, 0.1) is 18.2 Å². The number of fused-ring (bicyclic) bond motifs is 5. The summed E-state index contributed by atoms with van der Waals surface area (Å²) >= 11 is 0. The molecule has 30 heavy (non-hydrogen) atoms. The van der Waals surface area contributed by atoms with Gasteiger partial charge in [-0.2, -0.15) is 5.26 Å². The zero-order valence-electron chi connectivity index (χ0n) is 16.1. The Kier molecular flexibility index (Phi) is 4.11. The van der Waals surface area contributed by atoms with Gasteiger partial charge >= 0.3 is 5.63 Å². The minimum Gasteiger partial charge on any atom is -0.402 e. The lowest BCUT2D eigenvalue weighted by Gasteiger charge is -2.09. The Balaban J connectivity index is 1.91. The summed E-state index contributed by atoms with van der Waals surface area (Å²) in [6.07, 6.45) is 2.43. The van der Waals surface area contributed by atoms with Gasteiger partial charge in [-0.25, -0.2) is 14.2 Å². The Morgan fingerprint density at radius 2 is 2.03 bits per heavy atom. The van der Waals surface area contributed by atoms with Crippen molar-refractivity contribution in [3.63, 3.8) is 0 Å². The molecule has 5 nitrogen and oxygen atoms in total. The zero-order chi connectivity index (χ0) is 20.8. The summed E-state index contributed by atoms with van der Waals surface area (Å²) < 4.78 is 21.8. The van der Waals surface area contributed by atoms with Crippen molar-refractivity contribution < 1.29 is 8.81 Å². The Labute approximate surface area is 170 Å². The van der Waals surface area contributed by atoms with Crippen LogP contribution < -0.4 is 5.63 Å². The van der Waals surface area contributed by atoms with Crippen LogP contribution in [0.5, 0.6) is 0 Å². The van der Waals surface area contributed by atoms with Crippen LogP contribution in [0.4, 0.5) is 4.39 Å². The molecule has 0 saturated carbocycles. The highest BCUT2D eigenvalue weighted by molar-refractivity contribution is 6.18. The molecule has 6 heteroatoms. The molecule has 146 valence electrons. The SMILES string of the molecule is CCc1ccc2c(c1)c1c3cccnc3oc(=O)c1n2Cc1cc(C#N)ccc1F. The van der Waals surface area contributed by atoms with Crippen LogP contribution in [0.15, 0.2) is 63.9 Å². The molecule has 0 bridgehead atoms. The van der Waals surface area contributed by atoms with Gasteiger partial charge in [0, 0.05) is 33.4 Å². The van der Waals surface area contributed by atoms with Crippen LogP contribution in [0.3, 0.4) is 0 Å². The van der Waals surface area contributed by atoms with E-state index in [0.717, 1.165) is 33.7 Å². The van der Waals surface area contributed by atoms with Gasteiger partial charge in [0.2, 0.25) is 5.71 Å². The maximum atomic E-state index is 14.5. The van der Waals surface area contributed by atoms with Gasteiger partial charge in [-0.15, -0.1) is 0 Å². The Morgan fingerprint density at radius 1 is 1.17 bits per heavy atom. The minimum atomic E-state index is -0.526. The molecule has 0 aliphatic rings. The zero-order valence-corrected chi connectivity index (χ0v) is 16.1. The van der Waals surface area contributed by atoms with Crippen molar-refractivity contribution in [2.75, 3.05) is 0 Å². The summed E-state index contributed by atoms with van der Waals surface area (Å²) in [6, 6.07) is 15.9. The van der Waals surface area contributed by atoms with Crippen molar-refractivity contribution in [1.82, 2.24) is 9.55 Å². The number of halogens is 1. The van der Waals surface area contributed by atoms with Crippen LogP contribution in [0.25, 0.3) is 32.9 Å². The molecule has 0 saturated heterocycles. The summed E-state index contributed by atoms with van der Waals surface area (Å²) in [5.74, 6) is -0.430. The molecule has 0 aliphatic carbocycles. The van der Waals surface area contributed by atoms with E-state index in [1.807, 2.05) is 24.3 Å². The van der Waals surface area contributed by atoms with Crippen LogP contribution in [-0.2, 0) is 13.0 Å². The van der Waals surface area contributed by atoms with Gasteiger partial charge in [-0.3, -0.25) is 0 Å². The molecule has 3 heterocycles. The summed E-state index contributed by atoms with van der Waals surface area (Å²) in [5, 5.41) is 11.6. The first-order valence-corrected chi connectivity index (χ1v) is 9.62. The molecule has 3 aromatic heterocycles. The van der Waals surface area contributed by atoms with Crippen molar-refractivity contribution in [1.29, 1.82) is 5.26 Å². The lowest BCUT2D eigenvalue weighted by atomic mass is 10.1. The number of nitrogens with zero attached hydrogens (tertiary/aromatic N) is 3. The van der Waals surface area contributed by atoms with Crippen LogP contribution in [0.2, 0.25) is 0 Å². The Bertz CT molecular complexity index is 1560. The molecule has 0 atom stereocenters. The van der Waals surface area contributed by atoms with E-state index in [0.29, 0.717) is 16.6 Å². The van der Waals surface area contributed by atoms with Crippen molar-refractivity contribution in [2.24, 2.45) is 0 Å². The molecule has 5 rings (SSSR count). The first-order chi connectivity index (χ1) is 14.6. The fourth-order valence-corrected chi connectivity index (χ4v) is 4.01. The number of hydrogen-bond donors (Lipinski definition) is 0. The number of benzene rings is 2. The molecule has 0 fully saturated rings. The molecule has 2 aromatic carbocycles. The lowest BCUT2D eigenvalue weighted by molar-refractivity contribution is 0.552. The topological polar surface area (TPSA) is 71.8 Å².